The first kappa shape index (κ1) is 15.1. The number of piperidine rings is 1. The minimum atomic E-state index is -0.790. The summed E-state index contributed by atoms with van der Waals surface area (Å²) < 4.78 is 0. The van der Waals surface area contributed by atoms with Crippen LogP contribution in [0.15, 0.2) is 0 Å². The first-order valence-electron chi connectivity index (χ1n) is 7.53. The second-order valence-corrected chi connectivity index (χ2v) is 5.88. The number of likely N-dealkylation sites (N-methyl/N-ethyl adjacent to an activating group) is 1. The molecule has 0 unspecified atom stereocenters. The zero-order valence-corrected chi connectivity index (χ0v) is 12.3. The number of nitrogens with zero attached hydrogens (tertiary/aromatic N) is 3. The maximum Gasteiger partial charge on any atom is 0.319 e. The SMILES string of the molecule is CN(CCN1CCCC1)C(=O)N1CCC[C@@H](C(=O)O)C1. The van der Waals surface area contributed by atoms with E-state index >= 15 is 0 Å². The predicted octanol–water partition coefficient (Wildman–Crippen LogP) is 0.931. The van der Waals surface area contributed by atoms with Crippen molar-refractivity contribution in [1.82, 2.24) is 14.7 Å². The quantitative estimate of drug-likeness (QED) is 0.833. The van der Waals surface area contributed by atoms with Crippen molar-refractivity contribution >= 4 is 12.0 Å². The molecule has 0 aromatic carbocycles. The summed E-state index contributed by atoms with van der Waals surface area (Å²) in [6.07, 6.45) is 3.97. The largest absolute Gasteiger partial charge is 0.481 e. The lowest BCUT2D eigenvalue weighted by Crippen LogP contribution is -2.48. The molecule has 2 amide bonds. The molecule has 1 N–H and O–H groups in total. The van der Waals surface area contributed by atoms with Gasteiger partial charge in [-0.05, 0) is 38.8 Å². The zero-order chi connectivity index (χ0) is 14.5. The molecule has 0 saturated carbocycles. The van der Waals surface area contributed by atoms with Crippen molar-refractivity contribution in [2.24, 2.45) is 5.92 Å². The van der Waals surface area contributed by atoms with Gasteiger partial charge in [0.05, 0.1) is 5.92 Å². The monoisotopic (exact) mass is 283 g/mol. The van der Waals surface area contributed by atoms with Crippen LogP contribution in [-0.4, -0.2) is 78.1 Å². The Labute approximate surface area is 120 Å². The molecule has 2 rings (SSSR count). The van der Waals surface area contributed by atoms with E-state index in [4.69, 9.17) is 5.11 Å². The molecule has 0 aromatic rings. The normalized spacial score (nSPS) is 23.9. The third-order valence-corrected chi connectivity index (χ3v) is 4.32. The average Bonchev–Trinajstić information content (AvgIpc) is 2.97. The van der Waals surface area contributed by atoms with Crippen molar-refractivity contribution in [3.8, 4) is 0 Å². The predicted molar refractivity (Wildman–Crippen MR) is 75.6 cm³/mol. The summed E-state index contributed by atoms with van der Waals surface area (Å²) in [5.74, 6) is -1.19. The van der Waals surface area contributed by atoms with Crippen molar-refractivity contribution < 1.29 is 14.7 Å². The lowest BCUT2D eigenvalue weighted by molar-refractivity contribution is -0.143. The topological polar surface area (TPSA) is 64.1 Å². The van der Waals surface area contributed by atoms with Crippen LogP contribution in [0, 0.1) is 5.92 Å². The molecule has 0 bridgehead atoms. The number of likely N-dealkylation sites (tertiary alicyclic amines) is 2. The molecule has 6 nitrogen and oxygen atoms in total. The van der Waals surface area contributed by atoms with Gasteiger partial charge in [-0.2, -0.15) is 0 Å². The molecule has 2 aliphatic heterocycles. The van der Waals surface area contributed by atoms with E-state index in [9.17, 15) is 9.59 Å². The number of amides is 2. The fourth-order valence-electron chi connectivity index (χ4n) is 2.99. The molecule has 2 aliphatic rings. The first-order chi connectivity index (χ1) is 9.58. The van der Waals surface area contributed by atoms with Gasteiger partial charge >= 0.3 is 12.0 Å². The van der Waals surface area contributed by atoms with E-state index in [-0.39, 0.29) is 6.03 Å². The van der Waals surface area contributed by atoms with Crippen molar-refractivity contribution in [1.29, 1.82) is 0 Å². The number of rotatable bonds is 4. The average molecular weight is 283 g/mol. The van der Waals surface area contributed by atoms with Gasteiger partial charge in [-0.25, -0.2) is 4.79 Å². The number of carboxylic acids is 1. The van der Waals surface area contributed by atoms with Gasteiger partial charge in [0.15, 0.2) is 0 Å². The van der Waals surface area contributed by atoms with Crippen LogP contribution in [0.1, 0.15) is 25.7 Å². The molecule has 6 heteroatoms. The van der Waals surface area contributed by atoms with Gasteiger partial charge in [-0.15, -0.1) is 0 Å². The molecule has 20 heavy (non-hydrogen) atoms. The number of carbonyl (C=O) groups is 2. The minimum absolute atomic E-state index is 0.0323. The Hall–Kier alpha value is -1.30. The lowest BCUT2D eigenvalue weighted by Gasteiger charge is -2.34. The van der Waals surface area contributed by atoms with Crippen molar-refractivity contribution in [2.45, 2.75) is 25.7 Å². The molecule has 0 radical (unpaired) electrons. The summed E-state index contributed by atoms with van der Waals surface area (Å²) in [7, 11) is 1.81. The standard InChI is InChI=1S/C14H25N3O3/c1-15(9-10-16-6-2-3-7-16)14(20)17-8-4-5-12(11-17)13(18)19/h12H,2-11H2,1H3,(H,18,19)/t12-/m1/s1. The third kappa shape index (κ3) is 3.85. The van der Waals surface area contributed by atoms with Crippen LogP contribution < -0.4 is 0 Å². The highest BCUT2D eigenvalue weighted by Crippen LogP contribution is 2.17. The molecule has 0 aliphatic carbocycles. The minimum Gasteiger partial charge on any atom is -0.481 e. The Kier molecular flexibility index (Phi) is 5.23. The number of hydrogen-bond donors (Lipinski definition) is 1. The zero-order valence-electron chi connectivity index (χ0n) is 12.3. The summed E-state index contributed by atoms with van der Waals surface area (Å²) in [4.78, 5) is 29.1. The van der Waals surface area contributed by atoms with Crippen molar-refractivity contribution in [2.75, 3.05) is 46.3 Å². The highest BCUT2D eigenvalue weighted by atomic mass is 16.4. The second-order valence-electron chi connectivity index (χ2n) is 5.88. The fraction of sp³-hybridized carbons (Fsp3) is 0.857. The molecule has 114 valence electrons. The molecule has 2 fully saturated rings. The van der Waals surface area contributed by atoms with Gasteiger partial charge < -0.3 is 19.8 Å². The van der Waals surface area contributed by atoms with Gasteiger partial charge in [0.2, 0.25) is 0 Å². The van der Waals surface area contributed by atoms with E-state index in [0.717, 1.165) is 26.1 Å². The summed E-state index contributed by atoms with van der Waals surface area (Å²) in [6, 6.07) is -0.0323. The lowest BCUT2D eigenvalue weighted by atomic mass is 9.99. The maximum absolute atomic E-state index is 12.3. The number of urea groups is 1. The van der Waals surface area contributed by atoms with Crippen molar-refractivity contribution in [3.63, 3.8) is 0 Å². The second kappa shape index (κ2) is 6.92. The van der Waals surface area contributed by atoms with E-state index in [1.807, 2.05) is 7.05 Å². The highest BCUT2D eigenvalue weighted by Gasteiger charge is 2.29. The summed E-state index contributed by atoms with van der Waals surface area (Å²) >= 11 is 0. The molecular weight excluding hydrogens is 258 g/mol. The van der Waals surface area contributed by atoms with Crippen LogP contribution in [0.5, 0.6) is 0 Å². The van der Waals surface area contributed by atoms with Gasteiger partial charge in [-0.1, -0.05) is 0 Å². The summed E-state index contributed by atoms with van der Waals surface area (Å²) in [6.45, 7) is 4.92. The van der Waals surface area contributed by atoms with E-state index in [2.05, 4.69) is 4.90 Å². The van der Waals surface area contributed by atoms with Gasteiger partial charge in [-0.3, -0.25) is 4.79 Å². The molecule has 1 atom stereocenters. The Morgan fingerprint density at radius 2 is 1.90 bits per heavy atom. The Morgan fingerprint density at radius 3 is 2.55 bits per heavy atom. The van der Waals surface area contributed by atoms with Gasteiger partial charge in [0, 0.05) is 33.2 Å². The van der Waals surface area contributed by atoms with Crippen LogP contribution in [0.4, 0.5) is 4.79 Å². The summed E-state index contributed by atoms with van der Waals surface area (Å²) in [5.41, 5.74) is 0. The van der Waals surface area contributed by atoms with Crippen LogP contribution in [-0.2, 0) is 4.79 Å². The smallest absolute Gasteiger partial charge is 0.319 e. The highest BCUT2D eigenvalue weighted by molar-refractivity contribution is 5.76. The Balaban J connectivity index is 1.78. The molecule has 2 saturated heterocycles. The van der Waals surface area contributed by atoms with Gasteiger partial charge in [0.25, 0.3) is 0 Å². The Bertz CT molecular complexity index is 356. The van der Waals surface area contributed by atoms with Crippen LogP contribution in [0.25, 0.3) is 0 Å². The van der Waals surface area contributed by atoms with E-state index in [1.54, 1.807) is 9.80 Å². The number of aliphatic carboxylic acids is 1. The van der Waals surface area contributed by atoms with Crippen LogP contribution in [0.3, 0.4) is 0 Å². The molecule has 2 heterocycles. The number of carbonyl (C=O) groups excluding carboxylic acids is 1. The number of hydrogen-bond acceptors (Lipinski definition) is 3. The Morgan fingerprint density at radius 1 is 1.20 bits per heavy atom. The fourth-order valence-corrected chi connectivity index (χ4v) is 2.99. The number of carboxylic acid groups (broad SMARTS) is 1. The molecule has 0 spiro atoms. The van der Waals surface area contributed by atoms with E-state index in [0.29, 0.717) is 26.1 Å². The summed E-state index contributed by atoms with van der Waals surface area (Å²) in [5, 5.41) is 9.07. The first-order valence-corrected chi connectivity index (χ1v) is 7.53. The molecular formula is C14H25N3O3. The van der Waals surface area contributed by atoms with Gasteiger partial charge in [0.1, 0.15) is 0 Å². The van der Waals surface area contributed by atoms with E-state index in [1.165, 1.54) is 12.8 Å². The van der Waals surface area contributed by atoms with Crippen molar-refractivity contribution in [3.05, 3.63) is 0 Å². The molecule has 0 aromatic heterocycles. The van der Waals surface area contributed by atoms with Crippen LogP contribution >= 0.6 is 0 Å². The maximum atomic E-state index is 12.3. The van der Waals surface area contributed by atoms with E-state index < -0.39 is 11.9 Å². The third-order valence-electron chi connectivity index (χ3n) is 4.32. The van der Waals surface area contributed by atoms with Crippen LogP contribution in [0.2, 0.25) is 0 Å².